The van der Waals surface area contributed by atoms with Gasteiger partial charge in [-0.15, -0.1) is 0 Å². The van der Waals surface area contributed by atoms with Gasteiger partial charge in [0.2, 0.25) is 0 Å². The normalized spacial score (nSPS) is 11.6. The number of benzene rings is 1. The van der Waals surface area contributed by atoms with Gasteiger partial charge in [0, 0.05) is 0 Å². The Balaban J connectivity index is 3.10. The number of aryl methyl sites for hydroxylation is 1. The van der Waals surface area contributed by atoms with Crippen molar-refractivity contribution in [2.75, 3.05) is 7.11 Å². The van der Waals surface area contributed by atoms with Gasteiger partial charge in [0.05, 0.1) is 0 Å². The fourth-order valence-electron chi connectivity index (χ4n) is 2.20. The van der Waals surface area contributed by atoms with Crippen molar-refractivity contribution in [1.82, 2.24) is 0 Å². The van der Waals surface area contributed by atoms with E-state index in [0.717, 1.165) is 13.0 Å². The standard InChI is InChI=1S/C8H9O.2C3H7.Bi/c1-7-4-3-5-8(6-7)9-2;2*1-3-2;/h3,5-6H,1-2H3;2*3H,1-2H3;. The molecule has 1 aromatic carbocycles. The van der Waals surface area contributed by atoms with Crippen LogP contribution in [0.25, 0.3) is 0 Å². The maximum atomic E-state index is 5.27. The molecule has 0 saturated carbocycles. The molecule has 0 aromatic heterocycles. The first kappa shape index (κ1) is 14.0. The van der Waals surface area contributed by atoms with Crippen LogP contribution in [0.4, 0.5) is 0 Å². The quantitative estimate of drug-likeness (QED) is 0.683. The Labute approximate surface area is 108 Å². The maximum absolute atomic E-state index is 5.27. The fourth-order valence-corrected chi connectivity index (χ4v) is 14.0. The summed E-state index contributed by atoms with van der Waals surface area (Å²) in [5.41, 5.74) is 1.43. The van der Waals surface area contributed by atoms with Crippen LogP contribution >= 0.6 is 0 Å². The van der Waals surface area contributed by atoms with Gasteiger partial charge in [-0.25, -0.2) is 0 Å². The second-order valence-corrected chi connectivity index (χ2v) is 17.8. The minimum absolute atomic E-state index is 0.877. The number of ether oxygens (including phenoxy) is 1. The Morgan fingerprint density at radius 3 is 2.00 bits per heavy atom. The van der Waals surface area contributed by atoms with Crippen LogP contribution in [-0.4, -0.2) is 28.9 Å². The van der Waals surface area contributed by atoms with Crippen molar-refractivity contribution < 1.29 is 4.74 Å². The van der Waals surface area contributed by atoms with Gasteiger partial charge >= 0.3 is 108 Å². The van der Waals surface area contributed by atoms with Gasteiger partial charge in [-0.3, -0.25) is 0 Å². The average Bonchev–Trinajstić information content (AvgIpc) is 2.19. The van der Waals surface area contributed by atoms with E-state index in [1.807, 2.05) is 0 Å². The molecule has 1 nitrogen and oxygen atoms in total. The van der Waals surface area contributed by atoms with E-state index in [0.29, 0.717) is 0 Å². The molecule has 0 bridgehead atoms. The van der Waals surface area contributed by atoms with E-state index in [2.05, 4.69) is 52.8 Å². The molecule has 0 radical (unpaired) electrons. The summed E-state index contributed by atoms with van der Waals surface area (Å²) >= 11 is -1.56. The van der Waals surface area contributed by atoms with Crippen molar-refractivity contribution in [1.29, 1.82) is 0 Å². The van der Waals surface area contributed by atoms with E-state index < -0.39 is 21.8 Å². The first-order valence-electron chi connectivity index (χ1n) is 5.90. The topological polar surface area (TPSA) is 9.23 Å². The zero-order valence-electron chi connectivity index (χ0n) is 11.2. The van der Waals surface area contributed by atoms with Gasteiger partial charge in [-0.05, 0) is 0 Å². The summed E-state index contributed by atoms with van der Waals surface area (Å²) in [4.78, 5) is 0. The monoisotopic (exact) mass is 416 g/mol. The van der Waals surface area contributed by atoms with Gasteiger partial charge in [0.1, 0.15) is 0 Å². The Bertz CT molecular complexity index is 337. The molecule has 16 heavy (non-hydrogen) atoms. The molecule has 0 atom stereocenters. The molecule has 0 spiro atoms. The average molecular weight is 416 g/mol. The van der Waals surface area contributed by atoms with Crippen molar-refractivity contribution in [2.24, 2.45) is 0 Å². The summed E-state index contributed by atoms with van der Waals surface area (Å²) in [6.07, 6.45) is 0. The molecule has 0 unspecified atom stereocenters. The second kappa shape index (κ2) is 6.00. The number of hydrogen-bond acceptors (Lipinski definition) is 1. The first-order chi connectivity index (χ1) is 7.47. The van der Waals surface area contributed by atoms with Gasteiger partial charge in [-0.1, -0.05) is 0 Å². The number of rotatable bonds is 4. The van der Waals surface area contributed by atoms with Crippen LogP contribution in [0.3, 0.4) is 0 Å². The van der Waals surface area contributed by atoms with Crippen molar-refractivity contribution in [3.05, 3.63) is 23.8 Å². The summed E-state index contributed by atoms with van der Waals surface area (Å²) in [7, 11) is 1.74. The predicted molar refractivity (Wildman–Crippen MR) is 73.3 cm³/mol. The summed E-state index contributed by atoms with van der Waals surface area (Å²) in [5, 5.41) is 0. The molecule has 0 N–H and O–H groups in total. The molecule has 1 rings (SSSR count). The fraction of sp³-hybridized carbons (Fsp3) is 0.571. The molecule has 1 aromatic rings. The van der Waals surface area contributed by atoms with Gasteiger partial charge in [0.25, 0.3) is 0 Å². The summed E-state index contributed by atoms with van der Waals surface area (Å²) < 4.78 is 8.69. The minimum atomic E-state index is -1.56. The molecular formula is C14H23BiO. The molecule has 0 heterocycles. The second-order valence-electron chi connectivity index (χ2n) is 4.75. The van der Waals surface area contributed by atoms with E-state index >= 15 is 0 Å². The summed E-state index contributed by atoms with van der Waals surface area (Å²) in [6, 6.07) is 6.62. The first-order valence-corrected chi connectivity index (χ1v) is 11.7. The third kappa shape index (κ3) is 3.20. The Morgan fingerprint density at radius 2 is 1.62 bits per heavy atom. The third-order valence-electron chi connectivity index (χ3n) is 2.79. The summed E-state index contributed by atoms with van der Waals surface area (Å²) in [6.45, 7) is 11.8. The van der Waals surface area contributed by atoms with E-state index in [-0.39, 0.29) is 0 Å². The van der Waals surface area contributed by atoms with Crippen LogP contribution in [0.1, 0.15) is 33.3 Å². The van der Waals surface area contributed by atoms with Gasteiger partial charge in [-0.2, -0.15) is 0 Å². The van der Waals surface area contributed by atoms with Crippen LogP contribution < -0.4 is 8.01 Å². The molecule has 2 heteroatoms. The van der Waals surface area contributed by atoms with E-state index in [1.165, 1.54) is 5.56 Å². The van der Waals surface area contributed by atoms with E-state index in [9.17, 15) is 0 Å². The Kier molecular flexibility index (Phi) is 5.24. The molecule has 0 saturated heterocycles. The molecule has 0 aliphatic heterocycles. The molecule has 90 valence electrons. The number of hydrogen-bond donors (Lipinski definition) is 0. The van der Waals surface area contributed by atoms with Gasteiger partial charge in [0.15, 0.2) is 0 Å². The molecule has 0 aliphatic rings. The van der Waals surface area contributed by atoms with Crippen molar-refractivity contribution in [3.8, 4) is 5.75 Å². The van der Waals surface area contributed by atoms with Crippen LogP contribution in [-0.2, 0) is 0 Å². The predicted octanol–water partition coefficient (Wildman–Crippen LogP) is 3.53. The molecule has 0 aliphatic carbocycles. The Morgan fingerprint density at radius 1 is 1.06 bits per heavy atom. The molecule has 0 fully saturated rings. The van der Waals surface area contributed by atoms with E-state index in [1.54, 1.807) is 10.4 Å². The van der Waals surface area contributed by atoms with Crippen molar-refractivity contribution in [3.63, 3.8) is 0 Å². The van der Waals surface area contributed by atoms with Crippen LogP contribution in [0, 0.1) is 6.92 Å². The van der Waals surface area contributed by atoms with Crippen molar-refractivity contribution >= 4 is 25.0 Å². The number of methoxy groups -OCH3 is 1. The Hall–Kier alpha value is -0.0969. The zero-order chi connectivity index (χ0) is 12.3. The van der Waals surface area contributed by atoms with Gasteiger partial charge < -0.3 is 0 Å². The van der Waals surface area contributed by atoms with Crippen LogP contribution in [0.2, 0.25) is 7.25 Å². The van der Waals surface area contributed by atoms with Crippen molar-refractivity contribution in [2.45, 2.75) is 41.9 Å². The molecular weight excluding hydrogens is 393 g/mol. The van der Waals surface area contributed by atoms with E-state index in [4.69, 9.17) is 4.74 Å². The zero-order valence-corrected chi connectivity index (χ0v) is 14.7. The van der Waals surface area contributed by atoms with Crippen LogP contribution in [0.5, 0.6) is 5.75 Å². The third-order valence-corrected chi connectivity index (χ3v) is 15.6. The summed E-state index contributed by atoms with van der Waals surface area (Å²) in [5.74, 6) is 0.984. The van der Waals surface area contributed by atoms with Crippen LogP contribution in [0.15, 0.2) is 18.2 Å². The SMILES string of the molecule is COc1cc[c]([Bi]([CH](C)C)[CH](C)C)c(C)c1. The molecule has 0 amide bonds.